The molecule has 1 saturated heterocycles. The van der Waals surface area contributed by atoms with Gasteiger partial charge in [-0.05, 0) is 56.9 Å². The maximum atomic E-state index is 13.9. The third-order valence-electron chi connectivity index (χ3n) is 6.81. The number of carbonyl (C=O) groups is 1. The molecular formula is C26H31ClN3O10P. The van der Waals surface area contributed by atoms with Crippen molar-refractivity contribution in [3.63, 3.8) is 0 Å². The first-order valence-corrected chi connectivity index (χ1v) is 14.9. The number of hydrogen-bond donors (Lipinski definition) is 4. The van der Waals surface area contributed by atoms with Crippen molar-refractivity contribution < 1.29 is 38.1 Å². The number of carbonyl (C=O) groups excluding carboxylic acids is 1. The number of aliphatic hydroxyl groups is 2. The lowest BCUT2D eigenvalue weighted by molar-refractivity contribution is -0.152. The largest absolute Gasteiger partial charge is 0.461 e. The van der Waals surface area contributed by atoms with Gasteiger partial charge in [-0.3, -0.25) is 23.7 Å². The monoisotopic (exact) mass is 611 g/mol. The summed E-state index contributed by atoms with van der Waals surface area (Å²) >= 11 is 5.93. The Kier molecular flexibility index (Phi) is 9.77. The lowest BCUT2D eigenvalue weighted by Crippen LogP contribution is -2.48. The smallest absolute Gasteiger partial charge is 0.459 e. The minimum atomic E-state index is -4.39. The molecular weight excluding hydrogens is 581 g/mol. The van der Waals surface area contributed by atoms with E-state index in [-0.39, 0.29) is 11.9 Å². The van der Waals surface area contributed by atoms with Crippen LogP contribution in [-0.4, -0.2) is 62.3 Å². The molecule has 4 N–H and O–H groups in total. The second-order valence-corrected chi connectivity index (χ2v) is 12.0. The molecule has 0 spiro atoms. The summed E-state index contributed by atoms with van der Waals surface area (Å²) in [6.45, 7) is 0.769. The highest BCUT2D eigenvalue weighted by molar-refractivity contribution is 7.52. The van der Waals surface area contributed by atoms with E-state index in [2.05, 4.69) is 5.09 Å². The van der Waals surface area contributed by atoms with Gasteiger partial charge in [0.25, 0.3) is 5.56 Å². The number of ether oxygens (including phenoxy) is 2. The fraction of sp³-hybridized carbons (Fsp3) is 0.500. The van der Waals surface area contributed by atoms with Crippen LogP contribution >= 0.6 is 19.3 Å². The number of nitrogens with zero attached hydrogens (tertiary/aromatic N) is 1. The predicted octanol–water partition coefficient (Wildman–Crippen LogP) is 1.87. The molecule has 0 amide bonds. The molecule has 1 saturated carbocycles. The summed E-state index contributed by atoms with van der Waals surface area (Å²) in [5.41, 5.74) is -4.08. The molecule has 13 nitrogen and oxygen atoms in total. The van der Waals surface area contributed by atoms with Gasteiger partial charge in [-0.1, -0.05) is 23.9 Å². The number of aromatic amines is 1. The Hall–Kier alpha value is -2.95. The molecule has 2 aromatic rings. The van der Waals surface area contributed by atoms with Gasteiger partial charge in [0.2, 0.25) is 0 Å². The molecule has 222 valence electrons. The van der Waals surface area contributed by atoms with Crippen molar-refractivity contribution in [2.45, 2.75) is 75.2 Å². The summed E-state index contributed by atoms with van der Waals surface area (Å²) in [7, 11) is -4.39. The van der Waals surface area contributed by atoms with Crippen molar-refractivity contribution in [3.8, 4) is 18.1 Å². The van der Waals surface area contributed by atoms with Crippen LogP contribution < -0.4 is 20.9 Å². The number of hydrogen-bond acceptors (Lipinski definition) is 10. The quantitative estimate of drug-likeness (QED) is 0.175. The summed E-state index contributed by atoms with van der Waals surface area (Å²) in [6.07, 6.45) is 5.84. The van der Waals surface area contributed by atoms with Gasteiger partial charge >= 0.3 is 19.4 Å². The lowest BCUT2D eigenvalue weighted by atomic mass is 9.95. The van der Waals surface area contributed by atoms with Crippen LogP contribution in [0.4, 0.5) is 0 Å². The minimum absolute atomic E-state index is 0.0868. The standard InChI is InChI=1S/C26H31ClN3O10P/c1-3-26(35)22(32)20(39-24(26)30-14-13-21(31)28-25(30)34)15-37-41(36,40-19-11-9-17(27)10-12-19)29-16(2)23(33)38-18-7-5-4-6-8-18/h1,9-14,16,18,20,22,24,32,35H,4-8,15H2,2H3,(H,29,36)(H,28,31,34)/t16-,20+,22+,24+,26+,41?/m0/s1. The molecule has 15 heteroatoms. The molecule has 1 aromatic carbocycles. The highest BCUT2D eigenvalue weighted by Crippen LogP contribution is 2.47. The van der Waals surface area contributed by atoms with Gasteiger partial charge in [0.1, 0.15) is 30.1 Å². The molecule has 1 aliphatic heterocycles. The van der Waals surface area contributed by atoms with E-state index in [1.807, 2.05) is 10.9 Å². The molecule has 2 fully saturated rings. The number of aliphatic hydroxyl groups excluding tert-OH is 1. The number of H-pyrrole nitrogens is 1. The molecule has 4 rings (SSSR count). The van der Waals surface area contributed by atoms with E-state index in [9.17, 15) is 29.2 Å². The Morgan fingerprint density at radius 3 is 2.61 bits per heavy atom. The van der Waals surface area contributed by atoms with E-state index in [0.29, 0.717) is 5.02 Å². The third-order valence-corrected chi connectivity index (χ3v) is 8.70. The second kappa shape index (κ2) is 12.9. The molecule has 1 aliphatic carbocycles. The minimum Gasteiger partial charge on any atom is -0.461 e. The Balaban J connectivity index is 1.52. The topological polar surface area (TPSA) is 178 Å². The molecule has 1 aromatic heterocycles. The first-order valence-electron chi connectivity index (χ1n) is 13.0. The number of esters is 1. The van der Waals surface area contributed by atoms with E-state index in [1.165, 1.54) is 31.2 Å². The SMILES string of the molecule is C#C[C@@]1(O)[C@H](O)[C@@H](COP(=O)(N[C@@H](C)C(=O)OC2CCCCC2)Oc2ccc(Cl)cc2)O[C@H]1n1ccc(=O)[nH]c1=O. The summed E-state index contributed by atoms with van der Waals surface area (Å²) in [5, 5.41) is 24.8. The van der Waals surface area contributed by atoms with Crippen molar-refractivity contribution in [2.24, 2.45) is 0 Å². The molecule has 41 heavy (non-hydrogen) atoms. The number of benzene rings is 1. The van der Waals surface area contributed by atoms with Gasteiger partial charge in [-0.2, -0.15) is 5.09 Å². The predicted molar refractivity (Wildman–Crippen MR) is 146 cm³/mol. The zero-order valence-electron chi connectivity index (χ0n) is 22.1. The van der Waals surface area contributed by atoms with E-state index in [1.54, 1.807) is 0 Å². The summed E-state index contributed by atoms with van der Waals surface area (Å²) in [6, 6.07) is 5.73. The van der Waals surface area contributed by atoms with Gasteiger partial charge in [0, 0.05) is 17.3 Å². The van der Waals surface area contributed by atoms with E-state index in [4.69, 9.17) is 36.5 Å². The van der Waals surface area contributed by atoms with Gasteiger partial charge in [-0.15, -0.1) is 6.42 Å². The van der Waals surface area contributed by atoms with Gasteiger partial charge in [0.05, 0.1) is 6.61 Å². The zero-order valence-corrected chi connectivity index (χ0v) is 23.8. The first-order chi connectivity index (χ1) is 19.4. The van der Waals surface area contributed by atoms with Crippen molar-refractivity contribution in [1.82, 2.24) is 14.6 Å². The van der Waals surface area contributed by atoms with E-state index in [0.717, 1.165) is 48.9 Å². The normalized spacial score (nSPS) is 27.0. The Labute approximate surface area is 240 Å². The lowest BCUT2D eigenvalue weighted by Gasteiger charge is -2.27. The third kappa shape index (κ3) is 7.28. The molecule has 2 aliphatic rings. The highest BCUT2D eigenvalue weighted by atomic mass is 35.5. The Bertz CT molecular complexity index is 1430. The van der Waals surface area contributed by atoms with Crippen molar-refractivity contribution in [2.75, 3.05) is 6.61 Å². The molecule has 2 heterocycles. The number of terminal acetylenes is 1. The fourth-order valence-electron chi connectivity index (χ4n) is 4.58. The number of nitrogens with one attached hydrogen (secondary N) is 2. The number of aromatic nitrogens is 2. The van der Waals surface area contributed by atoms with Gasteiger partial charge in [0.15, 0.2) is 11.8 Å². The maximum absolute atomic E-state index is 13.9. The number of rotatable bonds is 10. The second-order valence-electron chi connectivity index (χ2n) is 9.84. The average molecular weight is 612 g/mol. The fourth-order valence-corrected chi connectivity index (χ4v) is 6.21. The van der Waals surface area contributed by atoms with E-state index >= 15 is 0 Å². The zero-order chi connectivity index (χ0) is 29.8. The van der Waals surface area contributed by atoms with Gasteiger partial charge in [-0.25, -0.2) is 9.36 Å². The molecule has 0 bridgehead atoms. The summed E-state index contributed by atoms with van der Waals surface area (Å²) in [5.74, 6) is 1.45. The molecule has 6 atom stereocenters. The summed E-state index contributed by atoms with van der Waals surface area (Å²) in [4.78, 5) is 38.6. The van der Waals surface area contributed by atoms with Crippen LogP contribution in [0.1, 0.15) is 45.3 Å². The number of halogens is 1. The van der Waals surface area contributed by atoms with Crippen LogP contribution in [0.15, 0.2) is 46.1 Å². The van der Waals surface area contributed by atoms with Crippen molar-refractivity contribution >= 4 is 25.3 Å². The van der Waals surface area contributed by atoms with Crippen LogP contribution in [-0.2, 0) is 23.4 Å². The Morgan fingerprint density at radius 2 is 1.98 bits per heavy atom. The van der Waals surface area contributed by atoms with Crippen LogP contribution in [0.2, 0.25) is 5.02 Å². The van der Waals surface area contributed by atoms with Crippen LogP contribution in [0, 0.1) is 12.3 Å². The first kappa shape index (κ1) is 31.0. The van der Waals surface area contributed by atoms with Crippen molar-refractivity contribution in [3.05, 3.63) is 62.4 Å². The van der Waals surface area contributed by atoms with Crippen molar-refractivity contribution in [1.29, 1.82) is 0 Å². The average Bonchev–Trinajstić information content (AvgIpc) is 3.19. The van der Waals surface area contributed by atoms with Crippen LogP contribution in [0.25, 0.3) is 0 Å². The van der Waals surface area contributed by atoms with E-state index < -0.39 is 61.7 Å². The molecule has 1 unspecified atom stereocenters. The maximum Gasteiger partial charge on any atom is 0.459 e. The highest BCUT2D eigenvalue weighted by Gasteiger charge is 2.56. The van der Waals surface area contributed by atoms with Gasteiger partial charge < -0.3 is 24.2 Å². The van der Waals surface area contributed by atoms with Crippen LogP contribution in [0.3, 0.4) is 0 Å². The Morgan fingerprint density at radius 1 is 1.29 bits per heavy atom. The summed E-state index contributed by atoms with van der Waals surface area (Å²) < 4.78 is 37.1. The van der Waals surface area contributed by atoms with Crippen LogP contribution in [0.5, 0.6) is 5.75 Å². The molecule has 0 radical (unpaired) electrons.